The molecule has 0 aromatic rings. The van der Waals surface area contributed by atoms with Crippen LogP contribution in [0.3, 0.4) is 0 Å². The van der Waals surface area contributed by atoms with Crippen molar-refractivity contribution >= 4 is 5.97 Å². The molecule has 0 heterocycles. The maximum absolute atomic E-state index is 11.7. The molecule has 1 unspecified atom stereocenters. The quantitative estimate of drug-likeness (QED) is 0.0792. The molecule has 0 aromatic carbocycles. The number of carbonyl (C=O) groups is 1. The van der Waals surface area contributed by atoms with Crippen LogP contribution in [0.2, 0.25) is 0 Å². The SMILES string of the molecule is CC/C=C\C/C=C\C/C=C\C/C=C\CCCCCCCCCOCC(CO)OC(=O)CCCCC. The average Bonchev–Trinajstić information content (AvgIpc) is 2.86. The van der Waals surface area contributed by atoms with Crippen LogP contribution in [0.1, 0.15) is 117 Å². The van der Waals surface area contributed by atoms with Gasteiger partial charge in [-0.1, -0.05) is 107 Å². The zero-order chi connectivity index (χ0) is 25.7. The first kappa shape index (κ1) is 33.4. The van der Waals surface area contributed by atoms with Gasteiger partial charge in [0.15, 0.2) is 0 Å². The van der Waals surface area contributed by atoms with E-state index in [1.807, 2.05) is 0 Å². The van der Waals surface area contributed by atoms with Crippen LogP contribution in [-0.4, -0.2) is 37.0 Å². The molecular formula is C31H54O4. The van der Waals surface area contributed by atoms with E-state index in [1.165, 1.54) is 38.5 Å². The topological polar surface area (TPSA) is 55.8 Å². The third-order valence-corrected chi connectivity index (χ3v) is 5.67. The lowest BCUT2D eigenvalue weighted by atomic mass is 10.1. The van der Waals surface area contributed by atoms with E-state index in [0.29, 0.717) is 13.0 Å². The van der Waals surface area contributed by atoms with Crippen LogP contribution in [0.5, 0.6) is 0 Å². The van der Waals surface area contributed by atoms with Crippen molar-refractivity contribution in [1.29, 1.82) is 0 Å². The van der Waals surface area contributed by atoms with Gasteiger partial charge in [0.2, 0.25) is 0 Å². The Kier molecular flexibility index (Phi) is 27.2. The molecule has 0 amide bonds. The summed E-state index contributed by atoms with van der Waals surface area (Å²) in [4.78, 5) is 11.7. The van der Waals surface area contributed by atoms with Crippen molar-refractivity contribution in [3.63, 3.8) is 0 Å². The Hall–Kier alpha value is -1.65. The summed E-state index contributed by atoms with van der Waals surface area (Å²) in [5.41, 5.74) is 0. The molecule has 4 heteroatoms. The van der Waals surface area contributed by atoms with E-state index in [0.717, 1.165) is 57.8 Å². The minimum absolute atomic E-state index is 0.180. The Bertz CT molecular complexity index is 562. The number of aliphatic hydroxyl groups excluding tert-OH is 1. The molecule has 0 saturated heterocycles. The molecule has 1 atom stereocenters. The zero-order valence-corrected chi connectivity index (χ0v) is 22.8. The highest BCUT2D eigenvalue weighted by Crippen LogP contribution is 2.10. The van der Waals surface area contributed by atoms with Crippen LogP contribution in [0.15, 0.2) is 48.6 Å². The monoisotopic (exact) mass is 490 g/mol. The summed E-state index contributed by atoms with van der Waals surface area (Å²) in [7, 11) is 0. The van der Waals surface area contributed by atoms with Gasteiger partial charge in [-0.25, -0.2) is 0 Å². The van der Waals surface area contributed by atoms with Gasteiger partial charge < -0.3 is 14.6 Å². The molecule has 0 saturated carbocycles. The van der Waals surface area contributed by atoms with E-state index in [9.17, 15) is 9.90 Å². The molecule has 4 nitrogen and oxygen atoms in total. The van der Waals surface area contributed by atoms with Gasteiger partial charge >= 0.3 is 5.97 Å². The van der Waals surface area contributed by atoms with Crippen LogP contribution >= 0.6 is 0 Å². The minimum atomic E-state index is -0.533. The number of aliphatic hydroxyl groups is 1. The first-order valence-corrected chi connectivity index (χ1v) is 14.2. The van der Waals surface area contributed by atoms with Crippen LogP contribution in [-0.2, 0) is 14.3 Å². The Balaban J connectivity index is 3.43. The molecule has 0 spiro atoms. The zero-order valence-electron chi connectivity index (χ0n) is 22.8. The highest BCUT2D eigenvalue weighted by atomic mass is 16.6. The van der Waals surface area contributed by atoms with Gasteiger partial charge in [0, 0.05) is 13.0 Å². The van der Waals surface area contributed by atoms with E-state index in [1.54, 1.807) is 0 Å². The number of allylic oxidation sites excluding steroid dienone is 8. The largest absolute Gasteiger partial charge is 0.457 e. The fraction of sp³-hybridized carbons (Fsp3) is 0.710. The van der Waals surface area contributed by atoms with Crippen molar-refractivity contribution in [2.24, 2.45) is 0 Å². The van der Waals surface area contributed by atoms with Gasteiger partial charge in [-0.2, -0.15) is 0 Å². The second-order valence-electron chi connectivity index (χ2n) is 9.09. The van der Waals surface area contributed by atoms with Crippen LogP contribution in [0.4, 0.5) is 0 Å². The summed E-state index contributed by atoms with van der Waals surface area (Å²) >= 11 is 0. The molecule has 0 fully saturated rings. The van der Waals surface area contributed by atoms with E-state index in [-0.39, 0.29) is 19.2 Å². The lowest BCUT2D eigenvalue weighted by Gasteiger charge is -2.15. The minimum Gasteiger partial charge on any atom is -0.457 e. The van der Waals surface area contributed by atoms with Crippen molar-refractivity contribution < 1.29 is 19.4 Å². The van der Waals surface area contributed by atoms with Gasteiger partial charge in [0.1, 0.15) is 6.10 Å². The molecule has 202 valence electrons. The Morgan fingerprint density at radius 2 is 1.29 bits per heavy atom. The molecule has 0 bridgehead atoms. The van der Waals surface area contributed by atoms with E-state index in [2.05, 4.69) is 62.5 Å². The van der Waals surface area contributed by atoms with Crippen molar-refractivity contribution in [3.8, 4) is 0 Å². The molecule has 1 N–H and O–H groups in total. The summed E-state index contributed by atoms with van der Waals surface area (Å²) in [5.74, 6) is -0.233. The number of carbonyl (C=O) groups excluding carboxylic acids is 1. The molecule has 0 aliphatic heterocycles. The van der Waals surface area contributed by atoms with Crippen molar-refractivity contribution in [1.82, 2.24) is 0 Å². The highest BCUT2D eigenvalue weighted by molar-refractivity contribution is 5.69. The van der Waals surface area contributed by atoms with Crippen LogP contribution in [0, 0.1) is 0 Å². The third-order valence-electron chi connectivity index (χ3n) is 5.67. The average molecular weight is 491 g/mol. The summed E-state index contributed by atoms with van der Waals surface area (Å²) in [5, 5.41) is 9.35. The standard InChI is InChI=1S/C31H54O4/c1-3-5-7-8-9-10-11-12-13-14-15-16-17-18-19-20-21-22-23-25-27-34-29-30(28-32)35-31(33)26-24-6-4-2/h5,7,9-10,12-13,15-16,30,32H,3-4,6,8,11,14,17-29H2,1-2H3/b7-5-,10-9-,13-12-,16-15-. The molecule has 0 aliphatic carbocycles. The maximum Gasteiger partial charge on any atom is 0.306 e. The Morgan fingerprint density at radius 1 is 0.714 bits per heavy atom. The Morgan fingerprint density at radius 3 is 1.89 bits per heavy atom. The normalized spacial score (nSPS) is 13.1. The van der Waals surface area contributed by atoms with Gasteiger partial charge in [-0.05, 0) is 51.4 Å². The van der Waals surface area contributed by atoms with Gasteiger partial charge in [0.25, 0.3) is 0 Å². The number of esters is 1. The predicted molar refractivity (Wildman–Crippen MR) is 150 cm³/mol. The number of hydrogen-bond acceptors (Lipinski definition) is 4. The highest BCUT2D eigenvalue weighted by Gasteiger charge is 2.13. The van der Waals surface area contributed by atoms with E-state index >= 15 is 0 Å². The Labute approximate surface area is 216 Å². The van der Waals surface area contributed by atoms with Crippen molar-refractivity contribution in [2.75, 3.05) is 19.8 Å². The smallest absolute Gasteiger partial charge is 0.306 e. The van der Waals surface area contributed by atoms with Gasteiger partial charge in [-0.3, -0.25) is 4.79 Å². The fourth-order valence-electron chi connectivity index (χ4n) is 3.55. The van der Waals surface area contributed by atoms with E-state index < -0.39 is 6.10 Å². The van der Waals surface area contributed by atoms with Gasteiger partial charge in [0.05, 0.1) is 13.2 Å². The van der Waals surface area contributed by atoms with Crippen LogP contribution < -0.4 is 0 Å². The molecule has 0 aromatic heterocycles. The van der Waals surface area contributed by atoms with Crippen LogP contribution in [0.25, 0.3) is 0 Å². The summed E-state index contributed by atoms with van der Waals surface area (Å²) in [6, 6.07) is 0. The lowest BCUT2D eigenvalue weighted by molar-refractivity contribution is -0.154. The summed E-state index contributed by atoms with van der Waals surface area (Å²) in [6.45, 7) is 5.03. The first-order chi connectivity index (χ1) is 17.2. The second kappa shape index (κ2) is 28.6. The lowest BCUT2D eigenvalue weighted by Crippen LogP contribution is -2.27. The summed E-state index contributed by atoms with van der Waals surface area (Å²) in [6.07, 6.45) is 34.8. The third kappa shape index (κ3) is 26.8. The molecule has 0 aliphatic rings. The number of hydrogen-bond donors (Lipinski definition) is 1. The maximum atomic E-state index is 11.7. The summed E-state index contributed by atoms with van der Waals surface area (Å²) < 4.78 is 10.9. The van der Waals surface area contributed by atoms with Crippen molar-refractivity contribution in [3.05, 3.63) is 48.6 Å². The number of rotatable bonds is 25. The molecule has 35 heavy (non-hydrogen) atoms. The predicted octanol–water partition coefficient (Wildman–Crippen LogP) is 8.41. The molecule has 0 radical (unpaired) electrons. The number of unbranched alkanes of at least 4 members (excludes halogenated alkanes) is 9. The number of ether oxygens (including phenoxy) is 2. The second-order valence-corrected chi connectivity index (χ2v) is 9.09. The molecular weight excluding hydrogens is 436 g/mol. The molecule has 0 rings (SSSR count). The van der Waals surface area contributed by atoms with Gasteiger partial charge in [-0.15, -0.1) is 0 Å². The van der Waals surface area contributed by atoms with Crippen molar-refractivity contribution in [2.45, 2.75) is 123 Å². The fourth-order valence-corrected chi connectivity index (χ4v) is 3.55. The van der Waals surface area contributed by atoms with E-state index in [4.69, 9.17) is 9.47 Å². The first-order valence-electron chi connectivity index (χ1n) is 14.2.